The van der Waals surface area contributed by atoms with Gasteiger partial charge in [0, 0.05) is 50.4 Å². The molecule has 0 aliphatic carbocycles. The summed E-state index contributed by atoms with van der Waals surface area (Å²) in [6.07, 6.45) is 1.62. The zero-order chi connectivity index (χ0) is 24.5. The number of rotatable bonds is 10. The van der Waals surface area contributed by atoms with Gasteiger partial charge in [-0.15, -0.1) is 0 Å². The van der Waals surface area contributed by atoms with Gasteiger partial charge in [0.05, 0.1) is 6.10 Å². The molecule has 3 rings (SSSR count). The quantitative estimate of drug-likeness (QED) is 0.481. The van der Waals surface area contributed by atoms with Gasteiger partial charge in [-0.05, 0) is 44.0 Å². The largest absolute Gasteiger partial charge is 0.376 e. The second-order valence-corrected chi connectivity index (χ2v) is 8.02. The van der Waals surface area contributed by atoms with E-state index < -0.39 is 5.91 Å². The Morgan fingerprint density at radius 3 is 2.35 bits per heavy atom. The third kappa shape index (κ3) is 7.69. The van der Waals surface area contributed by atoms with Crippen LogP contribution in [0.5, 0.6) is 0 Å². The van der Waals surface area contributed by atoms with E-state index in [-0.39, 0.29) is 49.0 Å². The Morgan fingerprint density at radius 1 is 1.06 bits per heavy atom. The van der Waals surface area contributed by atoms with E-state index in [2.05, 4.69) is 21.1 Å². The SMILES string of the molecule is CC(=O)Nc1ccc(NC(=O)CCC(=O)N(CC(=O)NC[C@H]2CCCO2)c2cc(C)on2)cc1. The summed E-state index contributed by atoms with van der Waals surface area (Å²) in [5.74, 6) is -0.635. The van der Waals surface area contributed by atoms with Crippen molar-refractivity contribution in [3.63, 3.8) is 0 Å². The zero-order valence-electron chi connectivity index (χ0n) is 19.3. The Hall–Kier alpha value is -3.73. The number of ether oxygens (including phenoxy) is 1. The van der Waals surface area contributed by atoms with E-state index >= 15 is 0 Å². The van der Waals surface area contributed by atoms with E-state index in [1.807, 2.05) is 0 Å². The summed E-state index contributed by atoms with van der Waals surface area (Å²) in [7, 11) is 0. The minimum atomic E-state index is -0.434. The number of carbonyl (C=O) groups is 4. The average molecular weight is 472 g/mol. The lowest BCUT2D eigenvalue weighted by molar-refractivity contribution is -0.125. The standard InChI is InChI=1S/C23H29N5O6/c1-15-12-20(27-34-15)28(14-22(31)24-13-19-4-3-11-33-19)23(32)10-9-21(30)26-18-7-5-17(6-8-18)25-16(2)29/h5-8,12,19H,3-4,9-11,13-14H2,1-2H3,(H,24,31)(H,25,29)(H,26,30)/t19-/m1/s1. The van der Waals surface area contributed by atoms with Gasteiger partial charge in [-0.25, -0.2) is 0 Å². The number of hydrogen-bond acceptors (Lipinski definition) is 7. The molecule has 1 aromatic carbocycles. The molecule has 1 atom stereocenters. The second-order valence-electron chi connectivity index (χ2n) is 8.02. The Kier molecular flexibility index (Phi) is 8.74. The molecule has 0 radical (unpaired) electrons. The Bertz CT molecular complexity index is 1010. The zero-order valence-corrected chi connectivity index (χ0v) is 19.3. The van der Waals surface area contributed by atoms with Gasteiger partial charge in [0.1, 0.15) is 12.3 Å². The van der Waals surface area contributed by atoms with Crippen LogP contribution in [0.15, 0.2) is 34.9 Å². The molecule has 1 aliphatic heterocycles. The number of nitrogens with zero attached hydrogens (tertiary/aromatic N) is 2. The number of benzene rings is 1. The van der Waals surface area contributed by atoms with Crippen molar-refractivity contribution in [1.82, 2.24) is 10.5 Å². The van der Waals surface area contributed by atoms with Gasteiger partial charge in [0.2, 0.25) is 23.6 Å². The first kappa shape index (κ1) is 24.9. The lowest BCUT2D eigenvalue weighted by Crippen LogP contribution is -2.43. The summed E-state index contributed by atoms with van der Waals surface area (Å²) in [4.78, 5) is 49.9. The normalized spacial score (nSPS) is 14.9. The van der Waals surface area contributed by atoms with Gasteiger partial charge in [-0.3, -0.25) is 24.1 Å². The van der Waals surface area contributed by atoms with Gasteiger partial charge in [0.25, 0.3) is 0 Å². The van der Waals surface area contributed by atoms with E-state index in [0.717, 1.165) is 12.8 Å². The maximum atomic E-state index is 12.9. The predicted molar refractivity (Wildman–Crippen MR) is 124 cm³/mol. The molecule has 1 aromatic heterocycles. The highest BCUT2D eigenvalue weighted by molar-refractivity contribution is 6.00. The van der Waals surface area contributed by atoms with Crippen molar-refractivity contribution in [2.24, 2.45) is 0 Å². The van der Waals surface area contributed by atoms with Crippen LogP contribution in [-0.4, -0.2) is 54.6 Å². The maximum absolute atomic E-state index is 12.9. The molecular weight excluding hydrogens is 442 g/mol. The molecule has 0 bridgehead atoms. The van der Waals surface area contributed by atoms with Gasteiger partial charge >= 0.3 is 0 Å². The molecule has 34 heavy (non-hydrogen) atoms. The number of hydrogen-bond donors (Lipinski definition) is 3. The lowest BCUT2D eigenvalue weighted by Gasteiger charge is -2.20. The first-order valence-electron chi connectivity index (χ1n) is 11.1. The molecule has 0 unspecified atom stereocenters. The number of anilines is 3. The molecule has 1 fully saturated rings. The molecule has 11 nitrogen and oxygen atoms in total. The molecule has 1 aliphatic rings. The summed E-state index contributed by atoms with van der Waals surface area (Å²) < 4.78 is 10.6. The molecule has 1 saturated heterocycles. The molecule has 182 valence electrons. The molecule has 4 amide bonds. The Morgan fingerprint density at radius 2 is 1.76 bits per heavy atom. The van der Waals surface area contributed by atoms with Gasteiger partial charge in [-0.2, -0.15) is 0 Å². The van der Waals surface area contributed by atoms with Crippen LogP contribution in [0.3, 0.4) is 0 Å². The van der Waals surface area contributed by atoms with Crippen LogP contribution in [0, 0.1) is 6.92 Å². The fourth-order valence-corrected chi connectivity index (χ4v) is 3.43. The monoisotopic (exact) mass is 471 g/mol. The first-order chi connectivity index (χ1) is 16.3. The lowest BCUT2D eigenvalue weighted by atomic mass is 10.2. The summed E-state index contributed by atoms with van der Waals surface area (Å²) in [5.41, 5.74) is 1.14. The predicted octanol–water partition coefficient (Wildman–Crippen LogP) is 1.99. The van der Waals surface area contributed by atoms with Crippen LogP contribution in [0.1, 0.15) is 38.4 Å². The van der Waals surface area contributed by atoms with E-state index in [1.54, 1.807) is 37.3 Å². The highest BCUT2D eigenvalue weighted by atomic mass is 16.5. The molecule has 2 aromatic rings. The third-order valence-electron chi connectivity index (χ3n) is 5.10. The van der Waals surface area contributed by atoms with Crippen LogP contribution in [0.2, 0.25) is 0 Å². The number of aryl methyl sites for hydroxylation is 1. The summed E-state index contributed by atoms with van der Waals surface area (Å²) in [6.45, 7) is 3.90. The first-order valence-corrected chi connectivity index (χ1v) is 11.1. The Labute approximate surface area is 197 Å². The second kappa shape index (κ2) is 11.9. The van der Waals surface area contributed by atoms with Crippen LogP contribution in [0.4, 0.5) is 17.2 Å². The Balaban J connectivity index is 1.53. The number of nitrogens with one attached hydrogen (secondary N) is 3. The van der Waals surface area contributed by atoms with Crippen LogP contribution in [0.25, 0.3) is 0 Å². The smallest absolute Gasteiger partial charge is 0.240 e. The fraction of sp³-hybridized carbons (Fsp3) is 0.435. The highest BCUT2D eigenvalue weighted by Gasteiger charge is 2.24. The van der Waals surface area contributed by atoms with Crippen molar-refractivity contribution in [3.8, 4) is 0 Å². The highest BCUT2D eigenvalue weighted by Crippen LogP contribution is 2.17. The molecule has 2 heterocycles. The van der Waals surface area contributed by atoms with Crippen LogP contribution < -0.4 is 20.9 Å². The van der Waals surface area contributed by atoms with E-state index in [4.69, 9.17) is 9.26 Å². The van der Waals surface area contributed by atoms with Crippen LogP contribution in [-0.2, 0) is 23.9 Å². The molecular formula is C23H29N5O6. The van der Waals surface area contributed by atoms with Crippen LogP contribution >= 0.6 is 0 Å². The fourth-order valence-electron chi connectivity index (χ4n) is 3.43. The van der Waals surface area contributed by atoms with E-state index in [9.17, 15) is 19.2 Å². The van der Waals surface area contributed by atoms with Crippen molar-refractivity contribution in [2.75, 3.05) is 35.2 Å². The third-order valence-corrected chi connectivity index (χ3v) is 5.10. The van der Waals surface area contributed by atoms with Gasteiger partial charge < -0.3 is 25.2 Å². The van der Waals surface area contributed by atoms with Gasteiger partial charge in [0.15, 0.2) is 5.82 Å². The van der Waals surface area contributed by atoms with Crippen molar-refractivity contribution >= 4 is 40.8 Å². The van der Waals surface area contributed by atoms with Crippen molar-refractivity contribution < 1.29 is 28.4 Å². The van der Waals surface area contributed by atoms with Gasteiger partial charge in [-0.1, -0.05) is 5.16 Å². The summed E-state index contributed by atoms with van der Waals surface area (Å²) >= 11 is 0. The summed E-state index contributed by atoms with van der Waals surface area (Å²) in [5, 5.41) is 12.0. The minimum absolute atomic E-state index is 0.0154. The topological polar surface area (TPSA) is 143 Å². The van der Waals surface area contributed by atoms with Crippen molar-refractivity contribution in [2.45, 2.75) is 45.6 Å². The number of amides is 4. The molecule has 0 spiro atoms. The summed E-state index contributed by atoms with van der Waals surface area (Å²) in [6, 6.07) is 8.17. The van der Waals surface area contributed by atoms with Crippen molar-refractivity contribution in [1.29, 1.82) is 0 Å². The molecule has 0 saturated carbocycles. The maximum Gasteiger partial charge on any atom is 0.240 e. The average Bonchev–Trinajstić information content (AvgIpc) is 3.47. The van der Waals surface area contributed by atoms with E-state index in [0.29, 0.717) is 30.3 Å². The van der Waals surface area contributed by atoms with Crippen molar-refractivity contribution in [3.05, 3.63) is 36.1 Å². The molecule has 11 heteroatoms. The molecule has 3 N–H and O–H groups in total. The number of carbonyl (C=O) groups excluding carboxylic acids is 4. The number of aromatic nitrogens is 1. The minimum Gasteiger partial charge on any atom is -0.376 e. The van der Waals surface area contributed by atoms with E-state index in [1.165, 1.54) is 11.8 Å².